The number of benzene rings is 1. The van der Waals surface area contributed by atoms with E-state index in [4.69, 9.17) is 11.6 Å². The summed E-state index contributed by atoms with van der Waals surface area (Å²) in [6.07, 6.45) is 1.49. The van der Waals surface area contributed by atoms with Crippen LogP contribution in [0, 0.1) is 5.82 Å². The molecule has 1 aromatic carbocycles. The largest absolute Gasteiger partial charge is 0.244 e. The Morgan fingerprint density at radius 2 is 2.00 bits per heavy atom. The normalized spacial score (nSPS) is 10.7. The van der Waals surface area contributed by atoms with Crippen molar-refractivity contribution < 1.29 is 4.39 Å². The lowest BCUT2D eigenvalue weighted by atomic mass is 10.2. The SMILES string of the molecule is Fc1c(Br)ccc2c(Cl)nccc12. The first-order valence-electron chi connectivity index (χ1n) is 3.58. The molecule has 1 aromatic heterocycles. The van der Waals surface area contributed by atoms with Gasteiger partial charge < -0.3 is 0 Å². The predicted octanol–water partition coefficient (Wildman–Crippen LogP) is 3.79. The molecule has 0 amide bonds. The van der Waals surface area contributed by atoms with Crippen molar-refractivity contribution in [3.05, 3.63) is 39.8 Å². The summed E-state index contributed by atoms with van der Waals surface area (Å²) in [6, 6.07) is 4.95. The van der Waals surface area contributed by atoms with Gasteiger partial charge in [-0.3, -0.25) is 0 Å². The first kappa shape index (κ1) is 8.91. The predicted molar refractivity (Wildman–Crippen MR) is 54.4 cm³/mol. The van der Waals surface area contributed by atoms with Crippen LogP contribution in [0.2, 0.25) is 5.15 Å². The molecule has 0 atom stereocenters. The van der Waals surface area contributed by atoms with Crippen LogP contribution in [0.15, 0.2) is 28.9 Å². The number of halogens is 3. The first-order valence-corrected chi connectivity index (χ1v) is 4.75. The van der Waals surface area contributed by atoms with E-state index in [0.29, 0.717) is 20.4 Å². The number of nitrogens with zero attached hydrogens (tertiary/aromatic N) is 1. The number of hydrogen-bond donors (Lipinski definition) is 0. The van der Waals surface area contributed by atoms with Gasteiger partial charge in [-0.1, -0.05) is 11.6 Å². The number of pyridine rings is 1. The van der Waals surface area contributed by atoms with Gasteiger partial charge in [0.1, 0.15) is 11.0 Å². The van der Waals surface area contributed by atoms with Crippen molar-refractivity contribution >= 4 is 38.3 Å². The van der Waals surface area contributed by atoms with Crippen LogP contribution in [0.5, 0.6) is 0 Å². The summed E-state index contributed by atoms with van der Waals surface area (Å²) in [7, 11) is 0. The molecule has 0 saturated heterocycles. The Morgan fingerprint density at radius 1 is 1.23 bits per heavy atom. The number of hydrogen-bond acceptors (Lipinski definition) is 1. The third-order valence-corrected chi connectivity index (χ3v) is 2.70. The number of aromatic nitrogens is 1. The minimum Gasteiger partial charge on any atom is -0.244 e. The molecule has 0 saturated carbocycles. The van der Waals surface area contributed by atoms with Gasteiger partial charge in [0.15, 0.2) is 0 Å². The lowest BCUT2D eigenvalue weighted by Gasteiger charge is -2.01. The third kappa shape index (κ3) is 1.42. The van der Waals surface area contributed by atoms with Crippen molar-refractivity contribution in [3.63, 3.8) is 0 Å². The van der Waals surface area contributed by atoms with E-state index in [2.05, 4.69) is 20.9 Å². The molecule has 66 valence electrons. The highest BCUT2D eigenvalue weighted by molar-refractivity contribution is 9.10. The zero-order chi connectivity index (χ0) is 9.42. The van der Waals surface area contributed by atoms with Gasteiger partial charge in [-0.25, -0.2) is 9.37 Å². The molecule has 0 aliphatic carbocycles. The Kier molecular flexibility index (Phi) is 2.22. The van der Waals surface area contributed by atoms with Gasteiger partial charge in [-0.05, 0) is 34.1 Å². The number of fused-ring (bicyclic) bond motifs is 1. The van der Waals surface area contributed by atoms with Crippen molar-refractivity contribution in [2.45, 2.75) is 0 Å². The van der Waals surface area contributed by atoms with Crippen molar-refractivity contribution in [2.24, 2.45) is 0 Å². The van der Waals surface area contributed by atoms with Crippen LogP contribution < -0.4 is 0 Å². The molecule has 2 rings (SSSR count). The van der Waals surface area contributed by atoms with Gasteiger partial charge in [-0.2, -0.15) is 0 Å². The lowest BCUT2D eigenvalue weighted by Crippen LogP contribution is -1.84. The molecule has 13 heavy (non-hydrogen) atoms. The highest BCUT2D eigenvalue weighted by Crippen LogP contribution is 2.27. The topological polar surface area (TPSA) is 12.9 Å². The maximum Gasteiger partial charge on any atom is 0.145 e. The van der Waals surface area contributed by atoms with Crippen LogP contribution in [0.3, 0.4) is 0 Å². The molecule has 2 aromatic rings. The van der Waals surface area contributed by atoms with Gasteiger partial charge in [0.25, 0.3) is 0 Å². The summed E-state index contributed by atoms with van der Waals surface area (Å²) in [5, 5.41) is 1.43. The van der Waals surface area contributed by atoms with E-state index in [-0.39, 0.29) is 5.82 Å². The zero-order valence-corrected chi connectivity index (χ0v) is 8.73. The van der Waals surface area contributed by atoms with Crippen molar-refractivity contribution in [3.8, 4) is 0 Å². The summed E-state index contributed by atoms with van der Waals surface area (Å²) < 4.78 is 13.9. The fourth-order valence-corrected chi connectivity index (χ4v) is 1.72. The molecule has 1 nitrogen and oxygen atoms in total. The maximum atomic E-state index is 13.4. The highest BCUT2D eigenvalue weighted by atomic mass is 79.9. The van der Waals surface area contributed by atoms with E-state index in [1.54, 1.807) is 18.2 Å². The van der Waals surface area contributed by atoms with Crippen LogP contribution in [0.25, 0.3) is 10.8 Å². The van der Waals surface area contributed by atoms with Crippen molar-refractivity contribution in [1.29, 1.82) is 0 Å². The van der Waals surface area contributed by atoms with Gasteiger partial charge in [-0.15, -0.1) is 0 Å². The first-order chi connectivity index (χ1) is 6.20. The molecule has 1 heterocycles. The van der Waals surface area contributed by atoms with Crippen LogP contribution >= 0.6 is 27.5 Å². The molecule has 4 heteroatoms. The second-order valence-electron chi connectivity index (χ2n) is 2.56. The van der Waals surface area contributed by atoms with Crippen LogP contribution in [0.4, 0.5) is 4.39 Å². The molecule has 0 radical (unpaired) electrons. The van der Waals surface area contributed by atoms with Gasteiger partial charge in [0.05, 0.1) is 4.47 Å². The smallest absolute Gasteiger partial charge is 0.145 e. The van der Waals surface area contributed by atoms with Crippen molar-refractivity contribution in [1.82, 2.24) is 4.98 Å². The summed E-state index contributed by atoms with van der Waals surface area (Å²) in [6.45, 7) is 0. The Hall–Kier alpha value is -0.670. The molecule has 0 bridgehead atoms. The zero-order valence-electron chi connectivity index (χ0n) is 6.39. The quantitative estimate of drug-likeness (QED) is 0.657. The van der Waals surface area contributed by atoms with Crippen LogP contribution in [-0.2, 0) is 0 Å². The summed E-state index contributed by atoms with van der Waals surface area (Å²) in [4.78, 5) is 3.86. The Morgan fingerprint density at radius 3 is 2.77 bits per heavy atom. The van der Waals surface area contributed by atoms with E-state index in [1.165, 1.54) is 6.20 Å². The van der Waals surface area contributed by atoms with E-state index in [0.717, 1.165) is 0 Å². The van der Waals surface area contributed by atoms with E-state index >= 15 is 0 Å². The van der Waals surface area contributed by atoms with Gasteiger partial charge >= 0.3 is 0 Å². The fraction of sp³-hybridized carbons (Fsp3) is 0. The van der Waals surface area contributed by atoms with Crippen LogP contribution in [0.1, 0.15) is 0 Å². The summed E-state index contributed by atoms with van der Waals surface area (Å²) in [5.74, 6) is -0.304. The minimum absolute atomic E-state index is 0.304. The molecule has 0 aliphatic heterocycles. The highest BCUT2D eigenvalue weighted by Gasteiger charge is 2.07. The average molecular weight is 260 g/mol. The summed E-state index contributed by atoms with van der Waals surface area (Å²) in [5.41, 5.74) is 0. The third-order valence-electron chi connectivity index (χ3n) is 1.78. The van der Waals surface area contributed by atoms with Gasteiger partial charge in [0, 0.05) is 17.0 Å². The Labute approximate surface area is 87.7 Å². The molecule has 0 fully saturated rings. The van der Waals surface area contributed by atoms with E-state index in [9.17, 15) is 4.39 Å². The second-order valence-corrected chi connectivity index (χ2v) is 3.77. The minimum atomic E-state index is -0.304. The van der Waals surface area contributed by atoms with Crippen molar-refractivity contribution in [2.75, 3.05) is 0 Å². The molecule has 0 spiro atoms. The van der Waals surface area contributed by atoms with Crippen LogP contribution in [-0.4, -0.2) is 4.98 Å². The lowest BCUT2D eigenvalue weighted by molar-refractivity contribution is 0.633. The molecular formula is C9H4BrClFN. The number of rotatable bonds is 0. The van der Waals surface area contributed by atoms with E-state index in [1.807, 2.05) is 0 Å². The molecule has 0 aliphatic rings. The molecular weight excluding hydrogens is 256 g/mol. The Bertz CT molecular complexity index is 472. The Balaban J connectivity index is 2.94. The molecule has 0 N–H and O–H groups in total. The standard InChI is InChI=1S/C9H4BrClFN/c10-7-2-1-6-5(8(7)12)3-4-13-9(6)11/h1-4H. The van der Waals surface area contributed by atoms with Gasteiger partial charge in [0.2, 0.25) is 0 Å². The van der Waals surface area contributed by atoms with E-state index < -0.39 is 0 Å². The average Bonchev–Trinajstić information content (AvgIpc) is 2.12. The maximum absolute atomic E-state index is 13.4. The summed E-state index contributed by atoms with van der Waals surface area (Å²) >= 11 is 8.89. The second kappa shape index (κ2) is 3.24. The molecule has 0 unspecified atom stereocenters. The monoisotopic (exact) mass is 259 g/mol. The fourth-order valence-electron chi connectivity index (χ4n) is 1.16.